The molecule has 0 spiro atoms. The van der Waals surface area contributed by atoms with E-state index in [1.54, 1.807) is 12.1 Å². The van der Waals surface area contributed by atoms with Crippen LogP contribution in [0.2, 0.25) is 0 Å². The molecule has 1 fully saturated rings. The quantitative estimate of drug-likeness (QED) is 0.845. The highest BCUT2D eigenvalue weighted by molar-refractivity contribution is 5.78. The van der Waals surface area contributed by atoms with Gasteiger partial charge in [-0.05, 0) is 31.0 Å². The molecule has 0 aromatic heterocycles. The second-order valence-electron chi connectivity index (χ2n) is 4.97. The molecule has 0 saturated carbocycles. The molecule has 5 heteroatoms. The van der Waals surface area contributed by atoms with Crippen LogP contribution in [0, 0.1) is 11.3 Å². The average Bonchev–Trinajstić information content (AvgIpc) is 2.47. The number of anilines is 1. The van der Waals surface area contributed by atoms with E-state index in [1.807, 2.05) is 6.07 Å². The lowest BCUT2D eigenvalue weighted by molar-refractivity contribution is -0.119. The first-order chi connectivity index (χ1) is 9.63. The molecule has 0 aliphatic carbocycles. The van der Waals surface area contributed by atoms with E-state index < -0.39 is 0 Å². The minimum atomic E-state index is -0.00324. The van der Waals surface area contributed by atoms with Gasteiger partial charge in [0.25, 0.3) is 0 Å². The van der Waals surface area contributed by atoms with Crippen molar-refractivity contribution in [2.75, 3.05) is 18.0 Å². The highest BCUT2D eigenvalue weighted by Crippen LogP contribution is 2.24. The van der Waals surface area contributed by atoms with Crippen LogP contribution >= 0.6 is 0 Å². The zero-order valence-electron chi connectivity index (χ0n) is 11.4. The fourth-order valence-electron chi connectivity index (χ4n) is 2.54. The Morgan fingerprint density at radius 2 is 2.15 bits per heavy atom. The molecule has 20 heavy (non-hydrogen) atoms. The van der Waals surface area contributed by atoms with Crippen molar-refractivity contribution in [2.24, 2.45) is 0 Å². The van der Waals surface area contributed by atoms with Crippen LogP contribution in [0.1, 0.15) is 35.7 Å². The number of nitrogens with zero attached hydrogens (tertiary/aromatic N) is 2. The van der Waals surface area contributed by atoms with Gasteiger partial charge in [0.1, 0.15) is 12.4 Å². The topological polar surface area (TPSA) is 73.2 Å². The molecule has 1 aromatic carbocycles. The second-order valence-corrected chi connectivity index (χ2v) is 4.97. The number of nitriles is 1. The van der Waals surface area contributed by atoms with Crippen molar-refractivity contribution in [3.05, 3.63) is 29.3 Å². The first-order valence-electron chi connectivity index (χ1n) is 6.65. The molecule has 1 amide bonds. The molecule has 0 atom stereocenters. The van der Waals surface area contributed by atoms with Gasteiger partial charge in [-0.2, -0.15) is 5.26 Å². The molecule has 0 radical (unpaired) electrons. The predicted molar refractivity (Wildman–Crippen MR) is 75.6 cm³/mol. The van der Waals surface area contributed by atoms with Gasteiger partial charge in [0, 0.05) is 31.6 Å². The highest BCUT2D eigenvalue weighted by atomic mass is 16.1. The van der Waals surface area contributed by atoms with E-state index >= 15 is 0 Å². The summed E-state index contributed by atoms with van der Waals surface area (Å²) in [4.78, 5) is 23.9. The lowest BCUT2D eigenvalue weighted by atomic mass is 10.0. The minimum absolute atomic E-state index is 0.00324. The number of amides is 1. The Labute approximate surface area is 118 Å². The molecule has 5 nitrogen and oxygen atoms in total. The zero-order valence-corrected chi connectivity index (χ0v) is 11.4. The molecular formula is C15H17N3O2. The zero-order chi connectivity index (χ0) is 14.5. The van der Waals surface area contributed by atoms with Crippen LogP contribution in [0.4, 0.5) is 5.69 Å². The van der Waals surface area contributed by atoms with Gasteiger partial charge in [0.2, 0.25) is 5.91 Å². The minimum Gasteiger partial charge on any atom is -0.370 e. The van der Waals surface area contributed by atoms with Crippen molar-refractivity contribution in [1.29, 1.82) is 5.26 Å². The van der Waals surface area contributed by atoms with Crippen LogP contribution in [0.3, 0.4) is 0 Å². The van der Waals surface area contributed by atoms with Crippen molar-refractivity contribution in [3.8, 4) is 6.07 Å². The van der Waals surface area contributed by atoms with Crippen molar-refractivity contribution in [3.63, 3.8) is 0 Å². The fourth-order valence-corrected chi connectivity index (χ4v) is 2.54. The molecule has 2 rings (SSSR count). The molecule has 104 valence electrons. The van der Waals surface area contributed by atoms with Crippen LogP contribution in [0.15, 0.2) is 18.2 Å². The number of carbonyl (C=O) groups excluding carboxylic acids is 2. The van der Waals surface area contributed by atoms with Crippen LogP contribution in [-0.2, 0) is 4.79 Å². The number of hydrogen-bond donors (Lipinski definition) is 1. The number of nitrogens with one attached hydrogen (secondary N) is 1. The molecule has 1 aliphatic rings. The molecule has 0 unspecified atom stereocenters. The summed E-state index contributed by atoms with van der Waals surface area (Å²) in [6, 6.07) is 7.51. The van der Waals surface area contributed by atoms with Gasteiger partial charge < -0.3 is 10.2 Å². The van der Waals surface area contributed by atoms with Crippen molar-refractivity contribution in [2.45, 2.75) is 25.8 Å². The van der Waals surface area contributed by atoms with Crippen molar-refractivity contribution in [1.82, 2.24) is 5.32 Å². The van der Waals surface area contributed by atoms with Gasteiger partial charge in [-0.3, -0.25) is 9.59 Å². The van der Waals surface area contributed by atoms with E-state index in [9.17, 15) is 14.9 Å². The maximum Gasteiger partial charge on any atom is 0.217 e. The Kier molecular flexibility index (Phi) is 4.36. The molecule has 1 aromatic rings. The first-order valence-corrected chi connectivity index (χ1v) is 6.65. The summed E-state index contributed by atoms with van der Waals surface area (Å²) in [5, 5.41) is 12.1. The summed E-state index contributed by atoms with van der Waals surface area (Å²) in [5.41, 5.74) is 1.89. The maximum absolute atomic E-state index is 11.0. The number of hydrogen-bond acceptors (Lipinski definition) is 4. The molecule has 1 N–H and O–H groups in total. The summed E-state index contributed by atoms with van der Waals surface area (Å²) in [6.07, 6.45) is 2.47. The van der Waals surface area contributed by atoms with E-state index in [4.69, 9.17) is 0 Å². The summed E-state index contributed by atoms with van der Waals surface area (Å²) < 4.78 is 0. The Morgan fingerprint density at radius 1 is 1.45 bits per heavy atom. The van der Waals surface area contributed by atoms with E-state index in [0.717, 1.165) is 37.9 Å². The maximum atomic E-state index is 11.0. The van der Waals surface area contributed by atoms with E-state index in [2.05, 4.69) is 16.3 Å². The smallest absolute Gasteiger partial charge is 0.217 e. The lowest BCUT2D eigenvalue weighted by Crippen LogP contribution is -2.44. The highest BCUT2D eigenvalue weighted by Gasteiger charge is 2.21. The normalized spacial score (nSPS) is 15.5. The third-order valence-electron chi connectivity index (χ3n) is 3.52. The Morgan fingerprint density at radius 3 is 2.70 bits per heavy atom. The Bertz CT molecular complexity index is 555. The predicted octanol–water partition coefficient (Wildman–Crippen LogP) is 1.48. The number of rotatable bonds is 3. The van der Waals surface area contributed by atoms with E-state index in [-0.39, 0.29) is 11.9 Å². The van der Waals surface area contributed by atoms with Crippen LogP contribution in [-0.4, -0.2) is 31.3 Å². The number of aldehydes is 1. The molecular weight excluding hydrogens is 254 g/mol. The van der Waals surface area contributed by atoms with Gasteiger partial charge in [0.05, 0.1) is 11.3 Å². The van der Waals surface area contributed by atoms with Crippen molar-refractivity contribution < 1.29 is 9.59 Å². The molecule has 1 aliphatic heterocycles. The Hall–Kier alpha value is -2.35. The number of benzene rings is 1. The van der Waals surface area contributed by atoms with Crippen LogP contribution in [0.5, 0.6) is 0 Å². The van der Waals surface area contributed by atoms with Gasteiger partial charge >= 0.3 is 0 Å². The number of piperidine rings is 1. The van der Waals surface area contributed by atoms with E-state index in [1.165, 1.54) is 6.92 Å². The molecule has 1 heterocycles. The van der Waals surface area contributed by atoms with Crippen LogP contribution < -0.4 is 10.2 Å². The monoisotopic (exact) mass is 271 g/mol. The SMILES string of the molecule is CC(=O)NC1CCN(c2ccc(C=O)cc2C#N)CC1. The average molecular weight is 271 g/mol. The van der Waals surface area contributed by atoms with Crippen LogP contribution in [0.25, 0.3) is 0 Å². The Balaban J connectivity index is 2.09. The third-order valence-corrected chi connectivity index (χ3v) is 3.52. The van der Waals surface area contributed by atoms with Gasteiger partial charge in [-0.1, -0.05) is 0 Å². The largest absolute Gasteiger partial charge is 0.370 e. The van der Waals surface area contributed by atoms with E-state index in [0.29, 0.717) is 11.1 Å². The van der Waals surface area contributed by atoms with Gasteiger partial charge in [-0.25, -0.2) is 0 Å². The summed E-state index contributed by atoms with van der Waals surface area (Å²) in [7, 11) is 0. The molecule has 1 saturated heterocycles. The fraction of sp³-hybridized carbons (Fsp3) is 0.400. The summed E-state index contributed by atoms with van der Waals surface area (Å²) in [6.45, 7) is 3.11. The lowest BCUT2D eigenvalue weighted by Gasteiger charge is -2.34. The van der Waals surface area contributed by atoms with Crippen molar-refractivity contribution >= 4 is 17.9 Å². The molecule has 0 bridgehead atoms. The standard InChI is InChI=1S/C15H17N3O2/c1-11(20)17-14-4-6-18(7-5-14)15-3-2-12(10-19)8-13(15)9-16/h2-3,8,10,14H,4-7H2,1H3,(H,17,20). The summed E-state index contributed by atoms with van der Waals surface area (Å²) >= 11 is 0. The number of carbonyl (C=O) groups is 2. The third kappa shape index (κ3) is 3.15. The summed E-state index contributed by atoms with van der Waals surface area (Å²) in [5.74, 6) is -0.00324. The first kappa shape index (κ1) is 14.1. The second kappa shape index (κ2) is 6.20. The van der Waals surface area contributed by atoms with Gasteiger partial charge in [0.15, 0.2) is 0 Å². The van der Waals surface area contributed by atoms with Gasteiger partial charge in [-0.15, -0.1) is 0 Å².